The van der Waals surface area contributed by atoms with Crippen molar-refractivity contribution in [2.24, 2.45) is 0 Å². The van der Waals surface area contributed by atoms with Crippen molar-refractivity contribution in [2.45, 2.75) is 20.3 Å². The monoisotopic (exact) mass is 453 g/mol. The summed E-state index contributed by atoms with van der Waals surface area (Å²) in [7, 11) is 0. The van der Waals surface area contributed by atoms with Gasteiger partial charge in [-0.1, -0.05) is 47.1 Å². The van der Waals surface area contributed by atoms with E-state index in [-0.39, 0.29) is 5.91 Å². The molecular formula is C23H24BrN3O2. The first-order chi connectivity index (χ1) is 14.1. The predicted octanol–water partition coefficient (Wildman–Crippen LogP) is 4.65. The van der Waals surface area contributed by atoms with Crippen LogP contribution in [-0.4, -0.2) is 46.9 Å². The molecule has 5 nitrogen and oxygen atoms in total. The lowest BCUT2D eigenvalue weighted by atomic mass is 9.99. The topological polar surface area (TPSA) is 47.4 Å². The summed E-state index contributed by atoms with van der Waals surface area (Å²) in [5.74, 6) is -0.0177. The summed E-state index contributed by atoms with van der Waals surface area (Å²) in [5, 5.41) is 4.84. The molecule has 29 heavy (non-hydrogen) atoms. The number of aromatic nitrogens is 2. The van der Waals surface area contributed by atoms with Gasteiger partial charge in [-0.2, -0.15) is 5.10 Å². The molecule has 1 fully saturated rings. The Kier molecular flexibility index (Phi) is 5.83. The Balaban J connectivity index is 1.91. The molecule has 4 rings (SSSR count). The van der Waals surface area contributed by atoms with E-state index in [9.17, 15) is 4.79 Å². The number of hydrogen-bond acceptors (Lipinski definition) is 3. The number of morpholine rings is 1. The van der Waals surface area contributed by atoms with Gasteiger partial charge in [0.1, 0.15) is 0 Å². The van der Waals surface area contributed by atoms with Crippen LogP contribution in [0.3, 0.4) is 0 Å². The van der Waals surface area contributed by atoms with Crippen molar-refractivity contribution >= 4 is 21.8 Å². The summed E-state index contributed by atoms with van der Waals surface area (Å²) < 4.78 is 8.34. The number of carbonyl (C=O) groups excluding carboxylic acids is 1. The zero-order valence-corrected chi connectivity index (χ0v) is 18.3. The number of halogens is 1. The standard InChI is InChI=1S/C23H24BrN3O2/c1-3-19-21(23(28)26-12-14-29-15-13-26)25-27(18-10-8-17(24)9-11-18)22(19)20-7-5-4-6-16(20)2/h4-11H,3,12-15H2,1-2H3. The molecule has 1 aliphatic rings. The van der Waals surface area contributed by atoms with Crippen molar-refractivity contribution in [1.82, 2.24) is 14.7 Å². The average molecular weight is 454 g/mol. The molecule has 0 N–H and O–H groups in total. The molecule has 0 radical (unpaired) electrons. The molecule has 1 saturated heterocycles. The molecule has 0 atom stereocenters. The van der Waals surface area contributed by atoms with Crippen molar-refractivity contribution in [1.29, 1.82) is 0 Å². The highest BCUT2D eigenvalue weighted by Gasteiger charge is 2.28. The molecule has 2 aromatic carbocycles. The molecule has 2 heterocycles. The van der Waals surface area contributed by atoms with Crippen molar-refractivity contribution in [3.8, 4) is 16.9 Å². The van der Waals surface area contributed by atoms with Crippen LogP contribution < -0.4 is 0 Å². The van der Waals surface area contributed by atoms with Gasteiger partial charge < -0.3 is 9.64 Å². The van der Waals surface area contributed by atoms with Crippen LogP contribution in [0.1, 0.15) is 28.5 Å². The van der Waals surface area contributed by atoms with Crippen LogP contribution in [-0.2, 0) is 11.2 Å². The van der Waals surface area contributed by atoms with Gasteiger partial charge >= 0.3 is 0 Å². The lowest BCUT2D eigenvalue weighted by molar-refractivity contribution is 0.0298. The highest BCUT2D eigenvalue weighted by molar-refractivity contribution is 9.10. The van der Waals surface area contributed by atoms with Gasteiger partial charge in [-0.15, -0.1) is 0 Å². The number of aryl methyl sites for hydroxylation is 1. The number of ether oxygens (including phenoxy) is 1. The van der Waals surface area contributed by atoms with E-state index >= 15 is 0 Å². The third-order valence-electron chi connectivity index (χ3n) is 5.31. The Morgan fingerprint density at radius 3 is 2.45 bits per heavy atom. The molecule has 1 aromatic heterocycles. The molecule has 0 aliphatic carbocycles. The molecule has 0 spiro atoms. The Morgan fingerprint density at radius 1 is 1.10 bits per heavy atom. The van der Waals surface area contributed by atoms with Gasteiger partial charge in [0.25, 0.3) is 5.91 Å². The molecule has 1 aliphatic heterocycles. The molecule has 0 unspecified atom stereocenters. The van der Waals surface area contributed by atoms with Crippen molar-refractivity contribution in [3.05, 3.63) is 69.8 Å². The van der Waals surface area contributed by atoms with Crippen molar-refractivity contribution in [3.63, 3.8) is 0 Å². The molecule has 1 amide bonds. The second kappa shape index (κ2) is 8.51. The van der Waals surface area contributed by atoms with Crippen LogP contribution in [0.25, 0.3) is 16.9 Å². The van der Waals surface area contributed by atoms with E-state index in [2.05, 4.69) is 41.9 Å². The minimum atomic E-state index is -0.0177. The molecular weight excluding hydrogens is 430 g/mol. The summed E-state index contributed by atoms with van der Waals surface area (Å²) in [5.41, 5.74) is 5.70. The van der Waals surface area contributed by atoms with Gasteiger partial charge in [0.05, 0.1) is 24.6 Å². The van der Waals surface area contributed by atoms with E-state index in [4.69, 9.17) is 9.84 Å². The summed E-state index contributed by atoms with van der Waals surface area (Å²) in [6, 6.07) is 16.3. The van der Waals surface area contributed by atoms with E-state index in [0.29, 0.717) is 32.0 Å². The van der Waals surface area contributed by atoms with Gasteiger partial charge in [0, 0.05) is 28.7 Å². The number of rotatable bonds is 4. The third-order valence-corrected chi connectivity index (χ3v) is 5.84. The fourth-order valence-electron chi connectivity index (χ4n) is 3.76. The van der Waals surface area contributed by atoms with Crippen LogP contribution >= 0.6 is 15.9 Å². The van der Waals surface area contributed by atoms with E-state index in [0.717, 1.165) is 39.0 Å². The van der Waals surface area contributed by atoms with E-state index in [1.165, 1.54) is 0 Å². The van der Waals surface area contributed by atoms with E-state index in [1.54, 1.807) is 0 Å². The maximum absolute atomic E-state index is 13.3. The Morgan fingerprint density at radius 2 is 1.79 bits per heavy atom. The molecule has 0 saturated carbocycles. The number of amides is 1. The fraction of sp³-hybridized carbons (Fsp3) is 0.304. The fourth-order valence-corrected chi connectivity index (χ4v) is 4.02. The van der Waals surface area contributed by atoms with E-state index < -0.39 is 0 Å². The number of hydrogen-bond donors (Lipinski definition) is 0. The smallest absolute Gasteiger partial charge is 0.274 e. The van der Waals surface area contributed by atoms with Gasteiger partial charge in [-0.05, 0) is 43.2 Å². The summed E-state index contributed by atoms with van der Waals surface area (Å²) in [6.07, 6.45) is 0.728. The van der Waals surface area contributed by atoms with Crippen LogP contribution in [0, 0.1) is 6.92 Å². The van der Waals surface area contributed by atoms with Gasteiger partial charge in [-0.3, -0.25) is 4.79 Å². The van der Waals surface area contributed by atoms with E-state index in [1.807, 2.05) is 46.0 Å². The highest BCUT2D eigenvalue weighted by Crippen LogP contribution is 2.33. The molecule has 3 aromatic rings. The quantitative estimate of drug-likeness (QED) is 0.577. The average Bonchev–Trinajstić information content (AvgIpc) is 3.14. The molecule has 6 heteroatoms. The second-order valence-corrected chi connectivity index (χ2v) is 8.05. The van der Waals surface area contributed by atoms with Crippen LogP contribution in [0.2, 0.25) is 0 Å². The lowest BCUT2D eigenvalue weighted by Gasteiger charge is -2.26. The number of carbonyl (C=O) groups is 1. The number of benzene rings is 2. The SMILES string of the molecule is CCc1c(C(=O)N2CCOCC2)nn(-c2ccc(Br)cc2)c1-c1ccccc1C. The van der Waals surface area contributed by atoms with Crippen LogP contribution in [0.4, 0.5) is 0 Å². The summed E-state index contributed by atoms with van der Waals surface area (Å²) in [6.45, 7) is 6.54. The Bertz CT molecular complexity index is 1020. The Hall–Kier alpha value is -2.44. The van der Waals surface area contributed by atoms with Crippen LogP contribution in [0.15, 0.2) is 53.0 Å². The van der Waals surface area contributed by atoms with Gasteiger partial charge in [-0.25, -0.2) is 4.68 Å². The normalized spacial score (nSPS) is 14.2. The largest absolute Gasteiger partial charge is 0.378 e. The highest BCUT2D eigenvalue weighted by atomic mass is 79.9. The second-order valence-electron chi connectivity index (χ2n) is 7.14. The predicted molar refractivity (Wildman–Crippen MR) is 118 cm³/mol. The lowest BCUT2D eigenvalue weighted by Crippen LogP contribution is -2.41. The third kappa shape index (κ3) is 3.87. The first kappa shape index (κ1) is 19.9. The first-order valence-electron chi connectivity index (χ1n) is 9.91. The first-order valence-corrected chi connectivity index (χ1v) is 10.7. The summed E-state index contributed by atoms with van der Waals surface area (Å²) in [4.78, 5) is 15.2. The maximum Gasteiger partial charge on any atom is 0.274 e. The summed E-state index contributed by atoms with van der Waals surface area (Å²) >= 11 is 3.50. The zero-order valence-electron chi connectivity index (χ0n) is 16.7. The van der Waals surface area contributed by atoms with Crippen LogP contribution in [0.5, 0.6) is 0 Å². The van der Waals surface area contributed by atoms with Crippen molar-refractivity contribution < 1.29 is 9.53 Å². The zero-order chi connectivity index (χ0) is 20.4. The van der Waals surface area contributed by atoms with Crippen molar-refractivity contribution in [2.75, 3.05) is 26.3 Å². The maximum atomic E-state index is 13.3. The number of nitrogens with zero attached hydrogens (tertiary/aromatic N) is 3. The van der Waals surface area contributed by atoms with Gasteiger partial charge in [0.15, 0.2) is 5.69 Å². The Labute approximate surface area is 179 Å². The minimum absolute atomic E-state index is 0.0177. The van der Waals surface area contributed by atoms with Gasteiger partial charge in [0.2, 0.25) is 0 Å². The molecule has 150 valence electrons. The molecule has 0 bridgehead atoms. The minimum Gasteiger partial charge on any atom is -0.378 e.